The number of benzene rings is 1. The second kappa shape index (κ2) is 8.11. The molecule has 2 heterocycles. The van der Waals surface area contributed by atoms with Gasteiger partial charge in [0.15, 0.2) is 5.76 Å². The maximum absolute atomic E-state index is 11.3. The minimum atomic E-state index is -0.824. The molecule has 3 rings (SSSR count). The van der Waals surface area contributed by atoms with Gasteiger partial charge in [-0.1, -0.05) is 0 Å². The van der Waals surface area contributed by atoms with Gasteiger partial charge in [-0.3, -0.25) is 4.90 Å². The molecule has 150 valence electrons. The van der Waals surface area contributed by atoms with Crippen molar-refractivity contribution < 1.29 is 24.1 Å². The van der Waals surface area contributed by atoms with E-state index in [2.05, 4.69) is 29.6 Å². The summed E-state index contributed by atoms with van der Waals surface area (Å²) in [5.41, 5.74) is 1.39. The number of aliphatic hydroxyl groups excluding tert-OH is 1. The Labute approximate surface area is 165 Å². The zero-order valence-corrected chi connectivity index (χ0v) is 16.5. The number of rotatable bonds is 4. The summed E-state index contributed by atoms with van der Waals surface area (Å²) in [6.07, 6.45) is 1.34. The van der Waals surface area contributed by atoms with Crippen LogP contribution in [0, 0.1) is 17.2 Å². The molecule has 1 atom stereocenters. The van der Waals surface area contributed by atoms with Crippen LogP contribution in [0.3, 0.4) is 0 Å². The topological polar surface area (TPSA) is 92.0 Å². The smallest absolute Gasteiger partial charge is 0.509 e. The number of ether oxygens (including phenoxy) is 3. The number of methoxy groups -OCH3 is 1. The Kier molecular flexibility index (Phi) is 5.80. The Morgan fingerprint density at radius 3 is 2.96 bits per heavy atom. The standard InChI is InChI=1S/C21H26N2O5/c1-21(2)16(11-15-10-14(12-22)4-5-18(15)28-21)6-8-23-9-7-17(24)19(13-23)27-20(25)26-3/h4-5,10,16,24H,6-9,11,13H2,1-3H3. The van der Waals surface area contributed by atoms with E-state index in [1.165, 1.54) is 7.11 Å². The predicted molar refractivity (Wildman–Crippen MR) is 102 cm³/mol. The van der Waals surface area contributed by atoms with E-state index in [0.29, 0.717) is 25.1 Å². The van der Waals surface area contributed by atoms with E-state index in [1.807, 2.05) is 12.1 Å². The van der Waals surface area contributed by atoms with Crippen LogP contribution in [0.25, 0.3) is 0 Å². The number of nitriles is 1. The molecule has 0 aromatic heterocycles. The summed E-state index contributed by atoms with van der Waals surface area (Å²) in [6.45, 7) is 6.03. The zero-order chi connectivity index (χ0) is 20.3. The summed E-state index contributed by atoms with van der Waals surface area (Å²) in [5, 5.41) is 19.1. The highest BCUT2D eigenvalue weighted by Crippen LogP contribution is 2.39. The molecule has 0 aliphatic carbocycles. The van der Waals surface area contributed by atoms with Crippen molar-refractivity contribution in [3.63, 3.8) is 0 Å². The second-order valence-electron chi connectivity index (χ2n) is 7.78. The van der Waals surface area contributed by atoms with E-state index in [9.17, 15) is 9.90 Å². The quantitative estimate of drug-likeness (QED) is 0.791. The van der Waals surface area contributed by atoms with Gasteiger partial charge >= 0.3 is 6.16 Å². The van der Waals surface area contributed by atoms with Crippen molar-refractivity contribution in [3.8, 4) is 11.8 Å². The van der Waals surface area contributed by atoms with Crippen LogP contribution in [0.2, 0.25) is 0 Å². The molecule has 0 saturated carbocycles. The maximum Gasteiger partial charge on any atom is 0.513 e. The van der Waals surface area contributed by atoms with Gasteiger partial charge in [-0.2, -0.15) is 5.26 Å². The van der Waals surface area contributed by atoms with Crippen molar-refractivity contribution in [1.29, 1.82) is 5.26 Å². The number of carbonyl (C=O) groups is 1. The Balaban J connectivity index is 1.64. The summed E-state index contributed by atoms with van der Waals surface area (Å²) in [6, 6.07) is 7.74. The highest BCUT2D eigenvalue weighted by Gasteiger charge is 2.37. The van der Waals surface area contributed by atoms with Crippen molar-refractivity contribution in [3.05, 3.63) is 40.8 Å². The first kappa shape index (κ1) is 20.0. The summed E-state index contributed by atoms with van der Waals surface area (Å²) < 4.78 is 15.8. The molecule has 1 aromatic carbocycles. The molecule has 0 saturated heterocycles. The van der Waals surface area contributed by atoms with E-state index in [-0.39, 0.29) is 23.0 Å². The predicted octanol–water partition coefficient (Wildman–Crippen LogP) is 3.54. The van der Waals surface area contributed by atoms with E-state index in [4.69, 9.17) is 14.7 Å². The monoisotopic (exact) mass is 386 g/mol. The number of hydrogen-bond acceptors (Lipinski definition) is 7. The third-order valence-electron chi connectivity index (χ3n) is 5.53. The summed E-state index contributed by atoms with van der Waals surface area (Å²) in [7, 11) is 1.24. The van der Waals surface area contributed by atoms with Gasteiger partial charge < -0.3 is 19.3 Å². The Bertz CT molecular complexity index is 825. The van der Waals surface area contributed by atoms with Crippen LogP contribution in [0.1, 0.15) is 37.8 Å². The van der Waals surface area contributed by atoms with Gasteiger partial charge in [-0.15, -0.1) is 0 Å². The Morgan fingerprint density at radius 2 is 2.25 bits per heavy atom. The Hall–Kier alpha value is -2.72. The zero-order valence-electron chi connectivity index (χ0n) is 16.5. The highest BCUT2D eigenvalue weighted by molar-refractivity contribution is 5.61. The molecule has 7 heteroatoms. The lowest BCUT2D eigenvalue weighted by Gasteiger charge is -2.41. The van der Waals surface area contributed by atoms with Crippen molar-refractivity contribution in [1.82, 2.24) is 4.90 Å². The molecule has 2 aliphatic rings. The average Bonchev–Trinajstić information content (AvgIpc) is 2.67. The van der Waals surface area contributed by atoms with Gasteiger partial charge in [-0.05, 0) is 57.0 Å². The molecule has 7 nitrogen and oxygen atoms in total. The van der Waals surface area contributed by atoms with E-state index in [0.717, 1.165) is 30.7 Å². The normalized spacial score (nSPS) is 21.3. The van der Waals surface area contributed by atoms with Crippen molar-refractivity contribution >= 4 is 6.16 Å². The lowest BCUT2D eigenvalue weighted by Crippen LogP contribution is -2.44. The van der Waals surface area contributed by atoms with Gasteiger partial charge in [0.05, 0.1) is 25.3 Å². The number of hydrogen-bond donors (Lipinski definition) is 1. The fourth-order valence-corrected chi connectivity index (χ4v) is 3.78. The molecule has 0 spiro atoms. The molecular formula is C21H26N2O5. The molecule has 1 N–H and O–H groups in total. The minimum absolute atomic E-state index is 0.0981. The first-order valence-electron chi connectivity index (χ1n) is 9.43. The molecule has 1 unspecified atom stereocenters. The molecule has 0 fully saturated rings. The average molecular weight is 386 g/mol. The SMILES string of the molecule is COC(=O)OC1=C(O)CCN(CCC2Cc3cc(C#N)ccc3OC2(C)C)C1. The van der Waals surface area contributed by atoms with Gasteiger partial charge in [0, 0.05) is 18.9 Å². The molecule has 28 heavy (non-hydrogen) atoms. The van der Waals surface area contributed by atoms with E-state index >= 15 is 0 Å². The van der Waals surface area contributed by atoms with Gasteiger partial charge in [0.1, 0.15) is 17.1 Å². The summed E-state index contributed by atoms with van der Waals surface area (Å²) >= 11 is 0. The van der Waals surface area contributed by atoms with Crippen LogP contribution in [-0.4, -0.2) is 48.5 Å². The van der Waals surface area contributed by atoms with Crippen molar-refractivity contribution in [2.75, 3.05) is 26.7 Å². The van der Waals surface area contributed by atoms with Crippen molar-refractivity contribution in [2.45, 2.75) is 38.7 Å². The minimum Gasteiger partial charge on any atom is -0.509 e. The largest absolute Gasteiger partial charge is 0.513 e. The highest BCUT2D eigenvalue weighted by atomic mass is 16.7. The summed E-state index contributed by atoms with van der Waals surface area (Å²) in [5.74, 6) is 1.47. The van der Waals surface area contributed by atoms with Crippen LogP contribution in [0.15, 0.2) is 29.7 Å². The van der Waals surface area contributed by atoms with Crippen LogP contribution < -0.4 is 4.74 Å². The Morgan fingerprint density at radius 1 is 1.46 bits per heavy atom. The molecule has 0 bridgehead atoms. The van der Waals surface area contributed by atoms with Crippen LogP contribution in [0.5, 0.6) is 5.75 Å². The fraction of sp³-hybridized carbons (Fsp3) is 0.524. The van der Waals surface area contributed by atoms with Crippen LogP contribution in [-0.2, 0) is 15.9 Å². The van der Waals surface area contributed by atoms with Gasteiger partial charge in [-0.25, -0.2) is 4.79 Å². The number of carbonyl (C=O) groups excluding carboxylic acids is 1. The third-order valence-corrected chi connectivity index (χ3v) is 5.53. The first-order valence-corrected chi connectivity index (χ1v) is 9.43. The number of aliphatic hydroxyl groups is 1. The second-order valence-corrected chi connectivity index (χ2v) is 7.78. The lowest BCUT2D eigenvalue weighted by atomic mass is 9.80. The third kappa shape index (κ3) is 4.39. The fourth-order valence-electron chi connectivity index (χ4n) is 3.78. The molecular weight excluding hydrogens is 360 g/mol. The van der Waals surface area contributed by atoms with E-state index in [1.54, 1.807) is 6.07 Å². The van der Waals surface area contributed by atoms with Gasteiger partial charge in [0.25, 0.3) is 0 Å². The summed E-state index contributed by atoms with van der Waals surface area (Å²) in [4.78, 5) is 13.5. The van der Waals surface area contributed by atoms with Crippen molar-refractivity contribution in [2.24, 2.45) is 5.92 Å². The van der Waals surface area contributed by atoms with E-state index < -0.39 is 6.16 Å². The van der Waals surface area contributed by atoms with Crippen LogP contribution in [0.4, 0.5) is 4.79 Å². The molecule has 0 amide bonds. The molecule has 2 aliphatic heterocycles. The maximum atomic E-state index is 11.3. The van der Waals surface area contributed by atoms with Crippen LogP contribution >= 0.6 is 0 Å². The lowest BCUT2D eigenvalue weighted by molar-refractivity contribution is 0.0167. The number of fused-ring (bicyclic) bond motifs is 1. The first-order chi connectivity index (χ1) is 13.3. The molecule has 0 radical (unpaired) electrons. The van der Waals surface area contributed by atoms with Gasteiger partial charge in [0.2, 0.25) is 0 Å². The molecule has 1 aromatic rings. The number of nitrogens with zero attached hydrogens (tertiary/aromatic N) is 2.